The molecule has 1 aliphatic rings. The summed E-state index contributed by atoms with van der Waals surface area (Å²) in [4.78, 5) is 9.15. The van der Waals surface area contributed by atoms with E-state index in [4.69, 9.17) is 11.6 Å². The second-order valence-electron chi connectivity index (χ2n) is 4.94. The van der Waals surface area contributed by atoms with Crippen LogP contribution in [0, 0.1) is 0 Å². The minimum absolute atomic E-state index is 0.522. The van der Waals surface area contributed by atoms with E-state index in [0.29, 0.717) is 10.9 Å². The van der Waals surface area contributed by atoms with Crippen LogP contribution in [0.5, 0.6) is 0 Å². The van der Waals surface area contributed by atoms with Crippen molar-refractivity contribution in [2.75, 3.05) is 17.2 Å². The van der Waals surface area contributed by atoms with Crippen molar-refractivity contribution in [3.05, 3.63) is 41.2 Å². The van der Waals surface area contributed by atoms with E-state index in [1.165, 1.54) is 12.8 Å². The fourth-order valence-corrected chi connectivity index (χ4v) is 2.23. The maximum Gasteiger partial charge on any atom is 0.136 e. The molecule has 1 aromatic carbocycles. The number of halogens is 1. The molecule has 2 N–H and O–H groups in total. The predicted molar refractivity (Wildman–Crippen MR) is 82.9 cm³/mol. The summed E-state index contributed by atoms with van der Waals surface area (Å²) < 4.78 is 0. The molecule has 20 heavy (non-hydrogen) atoms. The third-order valence-electron chi connectivity index (χ3n) is 3.14. The highest BCUT2D eigenvalue weighted by atomic mass is 35.5. The molecule has 0 atom stereocenters. The summed E-state index contributed by atoms with van der Waals surface area (Å²) >= 11 is 6.00. The van der Waals surface area contributed by atoms with Crippen molar-refractivity contribution in [2.45, 2.75) is 25.7 Å². The van der Waals surface area contributed by atoms with Gasteiger partial charge in [-0.2, -0.15) is 0 Å². The zero-order chi connectivity index (χ0) is 13.9. The molecule has 0 amide bonds. The minimum atomic E-state index is 0.522. The van der Waals surface area contributed by atoms with E-state index in [1.54, 1.807) is 0 Å². The lowest BCUT2D eigenvalue weighted by molar-refractivity contribution is 0.927. The van der Waals surface area contributed by atoms with E-state index in [2.05, 4.69) is 27.5 Å². The zero-order valence-corrected chi connectivity index (χ0v) is 12.1. The van der Waals surface area contributed by atoms with Crippen LogP contribution in [0.3, 0.4) is 0 Å². The summed E-state index contributed by atoms with van der Waals surface area (Å²) in [6, 6.07) is 9.55. The molecule has 0 saturated heterocycles. The van der Waals surface area contributed by atoms with Gasteiger partial charge in [0.2, 0.25) is 0 Å². The Morgan fingerprint density at radius 3 is 2.70 bits per heavy atom. The highest BCUT2D eigenvalue weighted by molar-refractivity contribution is 6.30. The topological polar surface area (TPSA) is 49.8 Å². The molecular formula is C15H17ClN4. The third kappa shape index (κ3) is 3.20. The van der Waals surface area contributed by atoms with Crippen molar-refractivity contribution in [3.8, 4) is 0 Å². The number of hydrogen-bond acceptors (Lipinski definition) is 4. The van der Waals surface area contributed by atoms with Gasteiger partial charge in [0.25, 0.3) is 0 Å². The summed E-state index contributed by atoms with van der Waals surface area (Å²) in [6.07, 6.45) is 2.37. The minimum Gasteiger partial charge on any atom is -0.370 e. The van der Waals surface area contributed by atoms with Crippen molar-refractivity contribution < 1.29 is 0 Å². The Kier molecular flexibility index (Phi) is 3.74. The molecule has 1 fully saturated rings. The fourth-order valence-electron chi connectivity index (χ4n) is 2.04. The summed E-state index contributed by atoms with van der Waals surface area (Å²) in [5, 5.41) is 7.25. The summed E-state index contributed by atoms with van der Waals surface area (Å²) in [6.45, 7) is 2.90. The van der Waals surface area contributed by atoms with E-state index in [1.807, 2.05) is 30.3 Å². The van der Waals surface area contributed by atoms with Gasteiger partial charge in [0, 0.05) is 29.2 Å². The molecule has 0 unspecified atom stereocenters. The van der Waals surface area contributed by atoms with Crippen molar-refractivity contribution in [1.82, 2.24) is 9.97 Å². The normalized spacial score (nSPS) is 14.1. The molecule has 1 heterocycles. The van der Waals surface area contributed by atoms with E-state index in [9.17, 15) is 0 Å². The van der Waals surface area contributed by atoms with Crippen LogP contribution < -0.4 is 10.6 Å². The van der Waals surface area contributed by atoms with Gasteiger partial charge in [0.15, 0.2) is 0 Å². The quantitative estimate of drug-likeness (QED) is 0.866. The van der Waals surface area contributed by atoms with Crippen LogP contribution in [0.2, 0.25) is 5.02 Å². The number of benzene rings is 1. The van der Waals surface area contributed by atoms with E-state index >= 15 is 0 Å². The second-order valence-corrected chi connectivity index (χ2v) is 5.37. The Balaban J connectivity index is 1.87. The molecule has 1 saturated carbocycles. The van der Waals surface area contributed by atoms with Crippen LogP contribution in [0.15, 0.2) is 30.3 Å². The molecule has 0 bridgehead atoms. The van der Waals surface area contributed by atoms with Crippen molar-refractivity contribution in [3.63, 3.8) is 0 Å². The first-order valence-corrected chi connectivity index (χ1v) is 7.28. The smallest absolute Gasteiger partial charge is 0.136 e. The molecule has 1 aliphatic carbocycles. The Hall–Kier alpha value is -1.81. The molecule has 3 rings (SSSR count). The van der Waals surface area contributed by atoms with E-state index in [0.717, 1.165) is 29.7 Å². The number of nitrogens with one attached hydrogen (secondary N) is 2. The van der Waals surface area contributed by atoms with Gasteiger partial charge in [-0.25, -0.2) is 9.97 Å². The highest BCUT2D eigenvalue weighted by Gasteiger charge is 2.27. The highest BCUT2D eigenvalue weighted by Crippen LogP contribution is 2.39. The molecule has 4 nitrogen and oxygen atoms in total. The maximum absolute atomic E-state index is 6.00. The maximum atomic E-state index is 6.00. The summed E-state index contributed by atoms with van der Waals surface area (Å²) in [7, 11) is 0. The first kappa shape index (κ1) is 13.2. The van der Waals surface area contributed by atoms with Crippen LogP contribution in [-0.2, 0) is 0 Å². The van der Waals surface area contributed by atoms with Gasteiger partial charge in [0.05, 0.1) is 0 Å². The lowest BCUT2D eigenvalue weighted by atomic mass is 10.3. The molecule has 104 valence electrons. The van der Waals surface area contributed by atoms with Crippen LogP contribution in [0.1, 0.15) is 31.5 Å². The van der Waals surface area contributed by atoms with Crippen molar-refractivity contribution in [1.29, 1.82) is 0 Å². The molecule has 0 radical (unpaired) electrons. The number of nitrogens with zero attached hydrogens (tertiary/aromatic N) is 2. The number of anilines is 3. The summed E-state index contributed by atoms with van der Waals surface area (Å²) in [5.41, 5.74) is 0.931. The van der Waals surface area contributed by atoms with Gasteiger partial charge in [0.1, 0.15) is 17.5 Å². The van der Waals surface area contributed by atoms with Crippen LogP contribution in [0.4, 0.5) is 17.3 Å². The van der Waals surface area contributed by atoms with Gasteiger partial charge in [-0.1, -0.05) is 17.7 Å². The van der Waals surface area contributed by atoms with Crippen LogP contribution in [-0.4, -0.2) is 16.5 Å². The lowest BCUT2D eigenvalue weighted by Gasteiger charge is -2.10. The Morgan fingerprint density at radius 2 is 2.00 bits per heavy atom. The Bertz CT molecular complexity index is 611. The Labute approximate surface area is 123 Å². The van der Waals surface area contributed by atoms with Crippen LogP contribution >= 0.6 is 11.6 Å². The predicted octanol–water partition coefficient (Wildman–Crippen LogP) is 4.18. The van der Waals surface area contributed by atoms with E-state index in [-0.39, 0.29) is 0 Å². The van der Waals surface area contributed by atoms with Gasteiger partial charge < -0.3 is 10.6 Å². The molecule has 0 aliphatic heterocycles. The fraction of sp³-hybridized carbons (Fsp3) is 0.333. The first-order valence-electron chi connectivity index (χ1n) is 6.90. The van der Waals surface area contributed by atoms with Gasteiger partial charge >= 0.3 is 0 Å². The van der Waals surface area contributed by atoms with Crippen molar-refractivity contribution >= 4 is 28.9 Å². The summed E-state index contributed by atoms with van der Waals surface area (Å²) in [5.74, 6) is 3.12. The van der Waals surface area contributed by atoms with Gasteiger partial charge in [-0.3, -0.25) is 0 Å². The molecule has 0 spiro atoms. The number of rotatable bonds is 5. The molecule has 5 heteroatoms. The largest absolute Gasteiger partial charge is 0.370 e. The Morgan fingerprint density at radius 1 is 1.20 bits per heavy atom. The molecular weight excluding hydrogens is 272 g/mol. The lowest BCUT2D eigenvalue weighted by Crippen LogP contribution is -2.05. The van der Waals surface area contributed by atoms with Gasteiger partial charge in [-0.15, -0.1) is 0 Å². The number of hydrogen-bond donors (Lipinski definition) is 2. The van der Waals surface area contributed by atoms with Gasteiger partial charge in [-0.05, 0) is 38.0 Å². The van der Waals surface area contributed by atoms with Crippen molar-refractivity contribution in [2.24, 2.45) is 0 Å². The average molecular weight is 289 g/mol. The van der Waals surface area contributed by atoms with E-state index < -0.39 is 0 Å². The molecule has 1 aromatic heterocycles. The molecule has 2 aromatic rings. The SMILES string of the molecule is CCNc1cc(Nc2cccc(Cl)c2)nc(C2CC2)n1. The average Bonchev–Trinajstić information content (AvgIpc) is 3.23. The third-order valence-corrected chi connectivity index (χ3v) is 3.38. The van der Waals surface area contributed by atoms with Crippen LogP contribution in [0.25, 0.3) is 0 Å². The standard InChI is InChI=1S/C15H17ClN4/c1-2-17-13-9-14(20-15(19-13)10-6-7-10)18-12-5-3-4-11(16)8-12/h3-5,8-10H,2,6-7H2,1H3,(H2,17,18,19,20). The second kappa shape index (κ2) is 5.67. The monoisotopic (exact) mass is 288 g/mol. The number of aromatic nitrogens is 2. The first-order chi connectivity index (χ1) is 9.74. The zero-order valence-electron chi connectivity index (χ0n) is 11.4.